The lowest BCUT2D eigenvalue weighted by Crippen LogP contribution is -2.42. The highest BCUT2D eigenvalue weighted by Crippen LogP contribution is 2.26. The molecule has 0 aliphatic carbocycles. The third kappa shape index (κ3) is 9.89. The molecule has 1 fully saturated rings. The van der Waals surface area contributed by atoms with Crippen LogP contribution >= 0.6 is 24.0 Å². The lowest BCUT2D eigenvalue weighted by molar-refractivity contribution is 0.189. The SMILES string of the molecule is CN=C(NCCCCN1CCC(C)CC1)NCC(C)Oc1ccccc1OC.I. The Balaban J connectivity index is 0.00000420. The molecule has 1 atom stereocenters. The van der Waals surface area contributed by atoms with E-state index >= 15 is 0 Å². The zero-order valence-corrected chi connectivity index (χ0v) is 20.8. The van der Waals surface area contributed by atoms with Crippen LogP contribution in [0, 0.1) is 5.92 Å². The Morgan fingerprint density at radius 1 is 1.17 bits per heavy atom. The van der Waals surface area contributed by atoms with Crippen LogP contribution in [0.5, 0.6) is 11.5 Å². The van der Waals surface area contributed by atoms with Crippen molar-refractivity contribution in [1.82, 2.24) is 15.5 Å². The van der Waals surface area contributed by atoms with Crippen molar-refractivity contribution >= 4 is 29.9 Å². The molecule has 0 spiro atoms. The summed E-state index contributed by atoms with van der Waals surface area (Å²) < 4.78 is 11.3. The number of nitrogens with one attached hydrogen (secondary N) is 2. The smallest absolute Gasteiger partial charge is 0.191 e. The van der Waals surface area contributed by atoms with Crippen molar-refractivity contribution in [2.24, 2.45) is 10.9 Å². The zero-order chi connectivity index (χ0) is 20.2. The van der Waals surface area contributed by atoms with E-state index in [4.69, 9.17) is 9.47 Å². The summed E-state index contributed by atoms with van der Waals surface area (Å²) in [5.74, 6) is 3.23. The van der Waals surface area contributed by atoms with Gasteiger partial charge < -0.3 is 25.0 Å². The maximum absolute atomic E-state index is 5.97. The predicted octanol–water partition coefficient (Wildman–Crippen LogP) is 3.76. The molecule has 1 saturated heterocycles. The Morgan fingerprint density at radius 2 is 1.86 bits per heavy atom. The number of unbranched alkanes of at least 4 members (excludes halogenated alkanes) is 1. The Labute approximate surface area is 193 Å². The second kappa shape index (κ2) is 14.7. The van der Waals surface area contributed by atoms with E-state index in [1.165, 1.54) is 38.9 Å². The normalized spacial score (nSPS) is 16.6. The Kier molecular flexibility index (Phi) is 13.1. The quantitative estimate of drug-likeness (QED) is 0.214. The standard InChI is InChI=1S/C22H38N4O2.HI/c1-18-11-15-26(16-12-18)14-8-7-13-24-22(23-3)25-17-19(2)28-21-10-6-5-9-20(21)27-4;/h5-6,9-10,18-19H,7-8,11-17H2,1-4H3,(H2,23,24,25);1H. The molecule has 1 aromatic carbocycles. The number of likely N-dealkylation sites (tertiary alicyclic amines) is 1. The van der Waals surface area contributed by atoms with Gasteiger partial charge in [-0.05, 0) is 70.3 Å². The molecule has 166 valence electrons. The van der Waals surface area contributed by atoms with Crippen molar-refractivity contribution in [2.75, 3.05) is 46.9 Å². The van der Waals surface area contributed by atoms with Crippen LogP contribution < -0.4 is 20.1 Å². The third-order valence-corrected chi connectivity index (χ3v) is 5.25. The number of piperidine rings is 1. The van der Waals surface area contributed by atoms with E-state index in [9.17, 15) is 0 Å². The van der Waals surface area contributed by atoms with Gasteiger partial charge >= 0.3 is 0 Å². The highest BCUT2D eigenvalue weighted by Gasteiger charge is 2.14. The number of benzene rings is 1. The summed E-state index contributed by atoms with van der Waals surface area (Å²) in [4.78, 5) is 6.90. The van der Waals surface area contributed by atoms with Crippen LogP contribution in [0.2, 0.25) is 0 Å². The molecule has 2 N–H and O–H groups in total. The predicted molar refractivity (Wildman–Crippen MR) is 132 cm³/mol. The minimum Gasteiger partial charge on any atom is -0.493 e. The fourth-order valence-electron chi connectivity index (χ4n) is 3.39. The van der Waals surface area contributed by atoms with Crippen LogP contribution in [0.3, 0.4) is 0 Å². The molecule has 2 rings (SSSR count). The first-order valence-electron chi connectivity index (χ1n) is 10.6. The van der Waals surface area contributed by atoms with E-state index in [0.717, 1.165) is 36.3 Å². The van der Waals surface area contributed by atoms with Gasteiger partial charge in [-0.25, -0.2) is 0 Å². The monoisotopic (exact) mass is 518 g/mol. The second-order valence-corrected chi connectivity index (χ2v) is 7.69. The third-order valence-electron chi connectivity index (χ3n) is 5.25. The molecule has 1 unspecified atom stereocenters. The highest BCUT2D eigenvalue weighted by molar-refractivity contribution is 14.0. The first-order chi connectivity index (χ1) is 13.6. The molecule has 6 nitrogen and oxygen atoms in total. The van der Waals surface area contributed by atoms with E-state index < -0.39 is 0 Å². The number of guanidine groups is 1. The van der Waals surface area contributed by atoms with Gasteiger partial charge in [-0.15, -0.1) is 24.0 Å². The maximum Gasteiger partial charge on any atom is 0.191 e. The van der Waals surface area contributed by atoms with E-state index in [1.54, 1.807) is 14.2 Å². The summed E-state index contributed by atoms with van der Waals surface area (Å²) in [6.07, 6.45) is 5.08. The number of rotatable bonds is 10. The van der Waals surface area contributed by atoms with Gasteiger partial charge in [0.25, 0.3) is 0 Å². The number of methoxy groups -OCH3 is 1. The molecule has 0 aromatic heterocycles. The van der Waals surface area contributed by atoms with E-state index in [0.29, 0.717) is 6.54 Å². The van der Waals surface area contributed by atoms with Crippen molar-refractivity contribution in [3.63, 3.8) is 0 Å². The molecule has 1 heterocycles. The molecule has 0 amide bonds. The summed E-state index contributed by atoms with van der Waals surface area (Å²) in [5, 5.41) is 6.73. The lowest BCUT2D eigenvalue weighted by atomic mass is 9.99. The van der Waals surface area contributed by atoms with Crippen molar-refractivity contribution < 1.29 is 9.47 Å². The van der Waals surface area contributed by atoms with Crippen molar-refractivity contribution in [1.29, 1.82) is 0 Å². The molecule has 0 bridgehead atoms. The Bertz CT molecular complexity index is 592. The minimum absolute atomic E-state index is 0. The van der Waals surface area contributed by atoms with Crippen LogP contribution in [0.25, 0.3) is 0 Å². The average molecular weight is 518 g/mol. The Hall–Kier alpha value is -1.22. The fourth-order valence-corrected chi connectivity index (χ4v) is 3.39. The summed E-state index contributed by atoms with van der Waals surface area (Å²) in [5.41, 5.74) is 0. The van der Waals surface area contributed by atoms with Gasteiger partial charge in [-0.2, -0.15) is 0 Å². The van der Waals surface area contributed by atoms with Crippen LogP contribution in [-0.4, -0.2) is 63.8 Å². The summed E-state index contributed by atoms with van der Waals surface area (Å²) in [7, 11) is 3.46. The van der Waals surface area contributed by atoms with Gasteiger partial charge in [0.1, 0.15) is 6.10 Å². The van der Waals surface area contributed by atoms with Crippen LogP contribution in [0.4, 0.5) is 0 Å². The van der Waals surface area contributed by atoms with Gasteiger partial charge in [0.2, 0.25) is 0 Å². The fraction of sp³-hybridized carbons (Fsp3) is 0.682. The number of para-hydroxylation sites is 2. The molecular weight excluding hydrogens is 479 g/mol. The summed E-state index contributed by atoms with van der Waals surface area (Å²) in [6, 6.07) is 7.71. The second-order valence-electron chi connectivity index (χ2n) is 7.69. The van der Waals surface area contributed by atoms with Crippen LogP contribution in [-0.2, 0) is 0 Å². The molecule has 29 heavy (non-hydrogen) atoms. The summed E-state index contributed by atoms with van der Waals surface area (Å²) >= 11 is 0. The number of hydrogen-bond donors (Lipinski definition) is 2. The van der Waals surface area contributed by atoms with Crippen molar-refractivity contribution in [2.45, 2.75) is 45.6 Å². The Morgan fingerprint density at radius 3 is 2.52 bits per heavy atom. The van der Waals surface area contributed by atoms with Crippen LogP contribution in [0.15, 0.2) is 29.3 Å². The topological polar surface area (TPSA) is 58.1 Å². The average Bonchev–Trinajstić information content (AvgIpc) is 2.71. The number of halogens is 1. The zero-order valence-electron chi connectivity index (χ0n) is 18.4. The molecule has 0 radical (unpaired) electrons. The molecule has 1 aliphatic rings. The number of ether oxygens (including phenoxy) is 2. The van der Waals surface area contributed by atoms with Crippen molar-refractivity contribution in [3.8, 4) is 11.5 Å². The van der Waals surface area contributed by atoms with Crippen molar-refractivity contribution in [3.05, 3.63) is 24.3 Å². The van der Waals surface area contributed by atoms with Gasteiger partial charge in [0.15, 0.2) is 17.5 Å². The molecule has 1 aliphatic heterocycles. The number of aliphatic imine (C=N–C) groups is 1. The van der Waals surface area contributed by atoms with E-state index in [1.807, 2.05) is 31.2 Å². The van der Waals surface area contributed by atoms with E-state index in [2.05, 4.69) is 27.4 Å². The molecule has 1 aromatic rings. The molecular formula is C22H39IN4O2. The lowest BCUT2D eigenvalue weighted by Gasteiger charge is -2.30. The number of hydrogen-bond acceptors (Lipinski definition) is 4. The minimum atomic E-state index is -0.00339. The molecule has 0 saturated carbocycles. The maximum atomic E-state index is 5.97. The molecule has 7 heteroatoms. The van der Waals surface area contributed by atoms with Crippen LogP contribution in [0.1, 0.15) is 39.5 Å². The first kappa shape index (κ1) is 25.8. The number of nitrogens with zero attached hydrogens (tertiary/aromatic N) is 2. The van der Waals surface area contributed by atoms with Gasteiger partial charge in [0.05, 0.1) is 13.7 Å². The largest absolute Gasteiger partial charge is 0.493 e. The first-order valence-corrected chi connectivity index (χ1v) is 10.6. The highest BCUT2D eigenvalue weighted by atomic mass is 127. The van der Waals surface area contributed by atoms with Gasteiger partial charge in [-0.3, -0.25) is 4.99 Å². The summed E-state index contributed by atoms with van der Waals surface area (Å²) in [6.45, 7) is 9.75. The van der Waals surface area contributed by atoms with Gasteiger partial charge in [0, 0.05) is 13.6 Å². The van der Waals surface area contributed by atoms with Gasteiger partial charge in [-0.1, -0.05) is 19.1 Å². The van der Waals surface area contributed by atoms with E-state index in [-0.39, 0.29) is 30.1 Å².